The van der Waals surface area contributed by atoms with Gasteiger partial charge < -0.3 is 10.1 Å². The quantitative estimate of drug-likeness (QED) is 0.853. The van der Waals surface area contributed by atoms with E-state index in [2.05, 4.69) is 15.0 Å². The molecule has 1 heterocycles. The van der Waals surface area contributed by atoms with E-state index in [4.69, 9.17) is 16.3 Å². The standard InChI is InChI=1S/C16H16ClN3O3S/c1-23-15-7-6-11(10-13(15)17)24(21,22)20-14-5-3-2-4-12(14)16-18-8-9-19-16/h2-7,10,20H,8-9H2,1H3,(H,18,19). The Kier molecular flexibility index (Phi) is 4.64. The van der Waals surface area contributed by atoms with Crippen LogP contribution in [-0.2, 0) is 10.0 Å². The molecule has 0 bridgehead atoms. The summed E-state index contributed by atoms with van der Waals surface area (Å²) in [5, 5.41) is 3.37. The first kappa shape index (κ1) is 16.6. The van der Waals surface area contributed by atoms with E-state index in [0.717, 1.165) is 6.54 Å². The Morgan fingerprint density at radius 3 is 2.71 bits per heavy atom. The van der Waals surface area contributed by atoms with Gasteiger partial charge in [0.2, 0.25) is 0 Å². The van der Waals surface area contributed by atoms with Gasteiger partial charge in [0, 0.05) is 12.1 Å². The molecule has 24 heavy (non-hydrogen) atoms. The van der Waals surface area contributed by atoms with Gasteiger partial charge in [0.15, 0.2) is 0 Å². The lowest BCUT2D eigenvalue weighted by atomic mass is 10.1. The Hall–Kier alpha value is -2.25. The number of aliphatic imine (C=N–C) groups is 1. The molecule has 1 aliphatic rings. The molecule has 0 saturated carbocycles. The molecule has 2 aromatic carbocycles. The van der Waals surface area contributed by atoms with Crippen LogP contribution in [0.25, 0.3) is 0 Å². The van der Waals surface area contributed by atoms with Crippen LogP contribution in [0.3, 0.4) is 0 Å². The van der Waals surface area contributed by atoms with E-state index in [1.165, 1.54) is 25.3 Å². The molecule has 8 heteroatoms. The molecule has 0 spiro atoms. The number of nitrogens with zero attached hydrogens (tertiary/aromatic N) is 1. The van der Waals surface area contributed by atoms with Crippen LogP contribution in [0.5, 0.6) is 5.75 Å². The number of hydrogen-bond donors (Lipinski definition) is 2. The van der Waals surface area contributed by atoms with Crippen molar-refractivity contribution in [2.45, 2.75) is 4.90 Å². The molecule has 0 aliphatic carbocycles. The third kappa shape index (κ3) is 3.32. The van der Waals surface area contributed by atoms with Crippen molar-refractivity contribution < 1.29 is 13.2 Å². The minimum atomic E-state index is -3.79. The average molecular weight is 366 g/mol. The zero-order chi connectivity index (χ0) is 17.2. The Morgan fingerprint density at radius 2 is 2.04 bits per heavy atom. The highest BCUT2D eigenvalue weighted by Gasteiger charge is 2.20. The number of para-hydroxylation sites is 1. The fourth-order valence-electron chi connectivity index (χ4n) is 2.37. The summed E-state index contributed by atoms with van der Waals surface area (Å²) in [6.45, 7) is 1.41. The number of sulfonamides is 1. The largest absolute Gasteiger partial charge is 0.495 e. The molecule has 0 unspecified atom stereocenters. The predicted octanol–water partition coefficient (Wildman–Crippen LogP) is 2.50. The Balaban J connectivity index is 1.94. The predicted molar refractivity (Wildman–Crippen MR) is 94.7 cm³/mol. The number of halogens is 1. The van der Waals surface area contributed by atoms with Crippen molar-refractivity contribution in [3.05, 3.63) is 53.1 Å². The first-order valence-electron chi connectivity index (χ1n) is 7.25. The highest BCUT2D eigenvalue weighted by atomic mass is 35.5. The van der Waals surface area contributed by atoms with Gasteiger partial charge in [0.05, 0.1) is 29.3 Å². The van der Waals surface area contributed by atoms with Crippen molar-refractivity contribution in [1.82, 2.24) is 5.32 Å². The van der Waals surface area contributed by atoms with Gasteiger partial charge in [-0.3, -0.25) is 9.71 Å². The van der Waals surface area contributed by atoms with Crippen LogP contribution in [0, 0.1) is 0 Å². The van der Waals surface area contributed by atoms with Gasteiger partial charge in [-0.05, 0) is 30.3 Å². The summed E-state index contributed by atoms with van der Waals surface area (Å²) in [7, 11) is -2.31. The highest BCUT2D eigenvalue weighted by Crippen LogP contribution is 2.28. The minimum absolute atomic E-state index is 0.0597. The lowest BCUT2D eigenvalue weighted by molar-refractivity contribution is 0.414. The molecule has 0 fully saturated rings. The molecule has 0 aromatic heterocycles. The second-order valence-electron chi connectivity index (χ2n) is 5.10. The Labute approximate surface area is 145 Å². The van der Waals surface area contributed by atoms with E-state index in [1.54, 1.807) is 12.1 Å². The van der Waals surface area contributed by atoms with Crippen LogP contribution < -0.4 is 14.8 Å². The topological polar surface area (TPSA) is 79.8 Å². The number of anilines is 1. The van der Waals surface area contributed by atoms with Crippen molar-refractivity contribution in [2.75, 3.05) is 24.9 Å². The summed E-state index contributed by atoms with van der Waals surface area (Å²) >= 11 is 6.03. The van der Waals surface area contributed by atoms with Crippen LogP contribution in [0.15, 0.2) is 52.4 Å². The Bertz CT molecular complexity index is 897. The summed E-state index contributed by atoms with van der Waals surface area (Å²) in [6, 6.07) is 11.4. The van der Waals surface area contributed by atoms with E-state index >= 15 is 0 Å². The maximum atomic E-state index is 12.6. The molecule has 0 radical (unpaired) electrons. The van der Waals surface area contributed by atoms with E-state index in [-0.39, 0.29) is 9.92 Å². The fraction of sp³-hybridized carbons (Fsp3) is 0.188. The van der Waals surface area contributed by atoms with Crippen molar-refractivity contribution in [2.24, 2.45) is 4.99 Å². The summed E-state index contributed by atoms with van der Waals surface area (Å²) < 4.78 is 32.9. The van der Waals surface area contributed by atoms with Crippen molar-refractivity contribution in [1.29, 1.82) is 0 Å². The smallest absolute Gasteiger partial charge is 0.261 e. The lowest BCUT2D eigenvalue weighted by Gasteiger charge is -2.13. The van der Waals surface area contributed by atoms with Crippen LogP contribution in [0.4, 0.5) is 5.69 Å². The van der Waals surface area contributed by atoms with Crippen LogP contribution in [0.2, 0.25) is 5.02 Å². The van der Waals surface area contributed by atoms with Crippen molar-refractivity contribution in [3.8, 4) is 5.75 Å². The van der Waals surface area contributed by atoms with E-state index in [1.807, 2.05) is 12.1 Å². The molecular formula is C16H16ClN3O3S. The number of rotatable bonds is 5. The third-order valence-corrected chi connectivity index (χ3v) is 5.19. The zero-order valence-electron chi connectivity index (χ0n) is 12.9. The van der Waals surface area contributed by atoms with Crippen LogP contribution >= 0.6 is 11.6 Å². The van der Waals surface area contributed by atoms with Crippen molar-refractivity contribution >= 4 is 33.1 Å². The second kappa shape index (κ2) is 6.70. The number of methoxy groups -OCH3 is 1. The van der Waals surface area contributed by atoms with Gasteiger partial charge in [0.1, 0.15) is 11.6 Å². The highest BCUT2D eigenvalue weighted by molar-refractivity contribution is 7.92. The second-order valence-corrected chi connectivity index (χ2v) is 7.19. The molecule has 1 aliphatic heterocycles. The molecule has 2 N–H and O–H groups in total. The summed E-state index contributed by atoms with van der Waals surface area (Å²) in [5.74, 6) is 1.10. The molecule has 126 valence electrons. The average Bonchev–Trinajstić information content (AvgIpc) is 3.09. The summed E-state index contributed by atoms with van der Waals surface area (Å²) in [5.41, 5.74) is 1.16. The van der Waals surface area contributed by atoms with E-state index in [0.29, 0.717) is 29.4 Å². The normalized spacial score (nSPS) is 14.0. The monoisotopic (exact) mass is 365 g/mol. The number of amidine groups is 1. The van der Waals surface area contributed by atoms with Gasteiger partial charge in [-0.25, -0.2) is 8.42 Å². The molecule has 0 saturated heterocycles. The SMILES string of the molecule is COc1ccc(S(=O)(=O)Nc2ccccc2C2=NCCN2)cc1Cl. The zero-order valence-corrected chi connectivity index (χ0v) is 14.5. The third-order valence-electron chi connectivity index (χ3n) is 3.53. The summed E-state index contributed by atoms with van der Waals surface area (Å²) in [6.07, 6.45) is 0. The molecule has 0 atom stereocenters. The van der Waals surface area contributed by atoms with Gasteiger partial charge in [-0.1, -0.05) is 23.7 Å². The molecular weight excluding hydrogens is 350 g/mol. The molecule has 3 rings (SSSR count). The molecule has 0 amide bonds. The molecule has 2 aromatic rings. The lowest BCUT2D eigenvalue weighted by Crippen LogP contribution is -2.22. The number of benzene rings is 2. The fourth-order valence-corrected chi connectivity index (χ4v) is 3.80. The minimum Gasteiger partial charge on any atom is -0.495 e. The number of nitrogens with one attached hydrogen (secondary N) is 2. The van der Waals surface area contributed by atoms with E-state index < -0.39 is 10.0 Å². The van der Waals surface area contributed by atoms with Gasteiger partial charge in [-0.2, -0.15) is 0 Å². The molecule has 6 nitrogen and oxygen atoms in total. The van der Waals surface area contributed by atoms with Gasteiger partial charge >= 0.3 is 0 Å². The van der Waals surface area contributed by atoms with Crippen molar-refractivity contribution in [3.63, 3.8) is 0 Å². The maximum Gasteiger partial charge on any atom is 0.261 e. The Morgan fingerprint density at radius 1 is 1.25 bits per heavy atom. The number of ether oxygens (including phenoxy) is 1. The van der Waals surface area contributed by atoms with E-state index in [9.17, 15) is 8.42 Å². The van der Waals surface area contributed by atoms with Gasteiger partial charge in [-0.15, -0.1) is 0 Å². The van der Waals surface area contributed by atoms with Crippen LogP contribution in [-0.4, -0.2) is 34.5 Å². The first-order chi connectivity index (χ1) is 11.5. The van der Waals surface area contributed by atoms with Crippen LogP contribution in [0.1, 0.15) is 5.56 Å². The maximum absolute atomic E-state index is 12.6. The number of hydrogen-bond acceptors (Lipinski definition) is 5. The van der Waals surface area contributed by atoms with Gasteiger partial charge in [0.25, 0.3) is 10.0 Å². The summed E-state index contributed by atoms with van der Waals surface area (Å²) in [4.78, 5) is 4.40. The first-order valence-corrected chi connectivity index (χ1v) is 9.11.